The summed E-state index contributed by atoms with van der Waals surface area (Å²) in [5, 5.41) is 0. The fourth-order valence-corrected chi connectivity index (χ4v) is 3.52. The summed E-state index contributed by atoms with van der Waals surface area (Å²) in [5.74, 6) is 0.962. The van der Waals surface area contributed by atoms with Gasteiger partial charge >= 0.3 is 0 Å². The van der Waals surface area contributed by atoms with Gasteiger partial charge in [0.05, 0.1) is 0 Å². The molecule has 78 valence electrons. The van der Waals surface area contributed by atoms with Gasteiger partial charge in [-0.25, -0.2) is 0 Å². The van der Waals surface area contributed by atoms with Gasteiger partial charge in [0.2, 0.25) is 0 Å². The first-order chi connectivity index (χ1) is 6.04. The Kier molecular flexibility index (Phi) is 3.09. The highest BCUT2D eigenvalue weighted by Gasteiger charge is 2.62. The first-order valence-electron chi connectivity index (χ1n) is 6.04. The zero-order valence-corrected chi connectivity index (χ0v) is 10.1. The molecule has 2 atom stereocenters. The molecule has 13 heavy (non-hydrogen) atoms. The second kappa shape index (κ2) is 3.63. The van der Waals surface area contributed by atoms with Crippen molar-refractivity contribution in [1.82, 2.24) is 0 Å². The highest BCUT2D eigenvalue weighted by Crippen LogP contribution is 2.70. The molecule has 0 radical (unpaired) electrons. The SMILES string of the molecule is CCCC1(C)CC1(C)C(CC)CC. The molecule has 0 amide bonds. The van der Waals surface area contributed by atoms with Crippen LogP contribution < -0.4 is 0 Å². The van der Waals surface area contributed by atoms with Crippen molar-refractivity contribution < 1.29 is 0 Å². The number of hydrogen-bond donors (Lipinski definition) is 0. The first kappa shape index (κ1) is 11.1. The topological polar surface area (TPSA) is 0 Å². The van der Waals surface area contributed by atoms with Crippen LogP contribution in [0, 0.1) is 16.7 Å². The summed E-state index contributed by atoms with van der Waals surface area (Å²) in [6, 6.07) is 0. The predicted molar refractivity (Wildman–Crippen MR) is 59.8 cm³/mol. The summed E-state index contributed by atoms with van der Waals surface area (Å²) in [5.41, 5.74) is 1.35. The monoisotopic (exact) mass is 182 g/mol. The number of hydrogen-bond acceptors (Lipinski definition) is 0. The molecule has 0 aromatic heterocycles. The van der Waals surface area contributed by atoms with E-state index < -0.39 is 0 Å². The summed E-state index contributed by atoms with van der Waals surface area (Å²) in [6.45, 7) is 12.0. The Hall–Kier alpha value is 0. The van der Waals surface area contributed by atoms with Crippen LogP contribution in [0.15, 0.2) is 0 Å². The van der Waals surface area contributed by atoms with E-state index in [4.69, 9.17) is 0 Å². The van der Waals surface area contributed by atoms with E-state index in [1.165, 1.54) is 32.1 Å². The Bertz CT molecular complexity index is 169. The Morgan fingerprint density at radius 3 is 2.00 bits per heavy atom. The van der Waals surface area contributed by atoms with Gasteiger partial charge in [0.25, 0.3) is 0 Å². The largest absolute Gasteiger partial charge is 0.0654 e. The standard InChI is InChI=1S/C13H26/c1-6-9-12(4)10-13(12,5)11(7-2)8-3/h11H,6-10H2,1-5H3. The average Bonchev–Trinajstić information content (AvgIpc) is 2.57. The van der Waals surface area contributed by atoms with Gasteiger partial charge in [-0.2, -0.15) is 0 Å². The lowest BCUT2D eigenvalue weighted by molar-refractivity contribution is 0.232. The molecular weight excluding hydrogens is 156 g/mol. The molecule has 0 aliphatic heterocycles. The van der Waals surface area contributed by atoms with E-state index in [-0.39, 0.29) is 0 Å². The van der Waals surface area contributed by atoms with E-state index in [9.17, 15) is 0 Å². The third kappa shape index (κ3) is 1.65. The molecule has 0 nitrogen and oxygen atoms in total. The molecule has 0 aromatic rings. The van der Waals surface area contributed by atoms with Crippen molar-refractivity contribution in [2.24, 2.45) is 16.7 Å². The van der Waals surface area contributed by atoms with Crippen molar-refractivity contribution in [1.29, 1.82) is 0 Å². The van der Waals surface area contributed by atoms with E-state index in [1.807, 2.05) is 0 Å². The van der Waals surface area contributed by atoms with Gasteiger partial charge in [0.15, 0.2) is 0 Å². The lowest BCUT2D eigenvalue weighted by Crippen LogP contribution is -2.18. The van der Waals surface area contributed by atoms with E-state index in [0.29, 0.717) is 10.8 Å². The third-order valence-electron chi connectivity index (χ3n) is 4.70. The molecule has 0 heteroatoms. The molecule has 0 N–H and O–H groups in total. The molecule has 0 spiro atoms. The smallest absolute Gasteiger partial charge is 0.0238 e. The lowest BCUT2D eigenvalue weighted by Gasteiger charge is -2.26. The maximum Gasteiger partial charge on any atom is -0.0238 e. The highest BCUT2D eigenvalue weighted by molar-refractivity contribution is 5.11. The molecular formula is C13H26. The van der Waals surface area contributed by atoms with Crippen LogP contribution in [-0.4, -0.2) is 0 Å². The Morgan fingerprint density at radius 2 is 1.62 bits per heavy atom. The zero-order valence-electron chi connectivity index (χ0n) is 10.1. The van der Waals surface area contributed by atoms with Crippen molar-refractivity contribution in [3.8, 4) is 0 Å². The minimum absolute atomic E-state index is 0.673. The van der Waals surface area contributed by atoms with Crippen molar-refractivity contribution in [2.75, 3.05) is 0 Å². The minimum Gasteiger partial charge on any atom is -0.0654 e. The second-order valence-corrected chi connectivity index (χ2v) is 5.42. The molecule has 0 saturated heterocycles. The Labute approximate surface area is 84.1 Å². The van der Waals surface area contributed by atoms with Crippen molar-refractivity contribution >= 4 is 0 Å². The van der Waals surface area contributed by atoms with Crippen LogP contribution in [-0.2, 0) is 0 Å². The molecule has 1 rings (SSSR count). The van der Waals surface area contributed by atoms with Gasteiger partial charge < -0.3 is 0 Å². The van der Waals surface area contributed by atoms with E-state index in [0.717, 1.165) is 5.92 Å². The summed E-state index contributed by atoms with van der Waals surface area (Å²) >= 11 is 0. The van der Waals surface area contributed by atoms with Crippen LogP contribution in [0.2, 0.25) is 0 Å². The van der Waals surface area contributed by atoms with Crippen molar-refractivity contribution in [2.45, 2.75) is 66.7 Å². The van der Waals surface area contributed by atoms with Crippen molar-refractivity contribution in [3.05, 3.63) is 0 Å². The molecule has 1 fully saturated rings. The van der Waals surface area contributed by atoms with Crippen LogP contribution in [0.3, 0.4) is 0 Å². The summed E-state index contributed by atoms with van der Waals surface area (Å²) in [4.78, 5) is 0. The van der Waals surface area contributed by atoms with Crippen LogP contribution in [0.1, 0.15) is 66.7 Å². The quantitative estimate of drug-likeness (QED) is 0.581. The van der Waals surface area contributed by atoms with Gasteiger partial charge in [0, 0.05) is 0 Å². The first-order valence-corrected chi connectivity index (χ1v) is 6.04. The summed E-state index contributed by atoms with van der Waals surface area (Å²) in [7, 11) is 0. The van der Waals surface area contributed by atoms with Crippen LogP contribution in [0.25, 0.3) is 0 Å². The zero-order chi connectivity index (χ0) is 10.1. The second-order valence-electron chi connectivity index (χ2n) is 5.42. The molecule has 0 bridgehead atoms. The van der Waals surface area contributed by atoms with Gasteiger partial charge in [-0.3, -0.25) is 0 Å². The minimum atomic E-state index is 0.673. The van der Waals surface area contributed by atoms with E-state index in [1.54, 1.807) is 0 Å². The van der Waals surface area contributed by atoms with Gasteiger partial charge in [-0.15, -0.1) is 0 Å². The summed E-state index contributed by atoms with van der Waals surface area (Å²) < 4.78 is 0. The maximum atomic E-state index is 2.51. The average molecular weight is 182 g/mol. The van der Waals surface area contributed by atoms with Gasteiger partial charge in [0.1, 0.15) is 0 Å². The summed E-state index contributed by atoms with van der Waals surface area (Å²) in [6.07, 6.45) is 6.99. The fraction of sp³-hybridized carbons (Fsp3) is 1.00. The Morgan fingerprint density at radius 1 is 1.08 bits per heavy atom. The van der Waals surface area contributed by atoms with Gasteiger partial charge in [-0.1, -0.05) is 53.9 Å². The molecule has 1 aliphatic carbocycles. The molecule has 1 aliphatic rings. The molecule has 0 heterocycles. The lowest BCUT2D eigenvalue weighted by atomic mass is 9.79. The van der Waals surface area contributed by atoms with Crippen LogP contribution in [0.4, 0.5) is 0 Å². The van der Waals surface area contributed by atoms with Crippen molar-refractivity contribution in [3.63, 3.8) is 0 Å². The Balaban J connectivity index is 2.61. The molecule has 0 aromatic carbocycles. The predicted octanol–water partition coefficient (Wildman–Crippen LogP) is 4.64. The normalized spacial score (nSPS) is 38.3. The maximum absolute atomic E-state index is 2.51. The van der Waals surface area contributed by atoms with E-state index in [2.05, 4.69) is 34.6 Å². The highest BCUT2D eigenvalue weighted by atomic mass is 14.7. The van der Waals surface area contributed by atoms with Crippen LogP contribution >= 0.6 is 0 Å². The number of rotatable bonds is 5. The molecule has 1 saturated carbocycles. The third-order valence-corrected chi connectivity index (χ3v) is 4.70. The van der Waals surface area contributed by atoms with Crippen LogP contribution in [0.5, 0.6) is 0 Å². The van der Waals surface area contributed by atoms with E-state index >= 15 is 0 Å². The fourth-order valence-electron chi connectivity index (χ4n) is 3.52. The molecule has 2 unspecified atom stereocenters. The van der Waals surface area contributed by atoms with Gasteiger partial charge in [-0.05, 0) is 29.6 Å².